The van der Waals surface area contributed by atoms with Gasteiger partial charge in [-0.05, 0) is 0 Å². The molecule has 104 valence electrons. The van der Waals surface area contributed by atoms with Gasteiger partial charge in [-0.25, -0.2) is 12.1 Å². The zero-order chi connectivity index (χ0) is 14.3. The van der Waals surface area contributed by atoms with Gasteiger partial charge in [0, 0.05) is 0 Å². The van der Waals surface area contributed by atoms with E-state index in [-0.39, 0.29) is 0 Å². The molecule has 2 rings (SSSR count). The third-order valence-electron chi connectivity index (χ3n) is 2.54. The Morgan fingerprint density at radius 1 is 0.895 bits per heavy atom. The predicted octanol–water partition coefficient (Wildman–Crippen LogP) is 6.09. The van der Waals surface area contributed by atoms with Crippen molar-refractivity contribution in [2.75, 3.05) is 0 Å². The molecular formula is C16H22Cl2Zr. The molecule has 0 aliphatic rings. The third kappa shape index (κ3) is 11.7. The minimum absolute atomic E-state index is 0.826. The van der Waals surface area contributed by atoms with E-state index in [9.17, 15) is 0 Å². The maximum atomic E-state index is 4.93. The van der Waals surface area contributed by atoms with Gasteiger partial charge in [0.25, 0.3) is 0 Å². The molecule has 2 aromatic carbocycles. The van der Waals surface area contributed by atoms with E-state index < -0.39 is 20.8 Å². The quantitative estimate of drug-likeness (QED) is 0.566. The van der Waals surface area contributed by atoms with Gasteiger partial charge in [-0.1, -0.05) is 39.5 Å². The molecule has 0 bridgehead atoms. The van der Waals surface area contributed by atoms with E-state index in [1.165, 1.54) is 36.8 Å². The number of hydrogen-bond donors (Lipinski definition) is 0. The molecule has 0 spiro atoms. The van der Waals surface area contributed by atoms with Crippen LogP contribution in [0.3, 0.4) is 0 Å². The van der Waals surface area contributed by atoms with Gasteiger partial charge in [0.15, 0.2) is 0 Å². The monoisotopic (exact) mass is 374 g/mol. The second-order valence-corrected chi connectivity index (χ2v) is 7.89. The molecule has 19 heavy (non-hydrogen) atoms. The van der Waals surface area contributed by atoms with Crippen LogP contribution < -0.4 is 0 Å². The summed E-state index contributed by atoms with van der Waals surface area (Å²) in [5.41, 5.74) is 2.93. The van der Waals surface area contributed by atoms with Crippen molar-refractivity contribution in [3.63, 3.8) is 0 Å². The van der Waals surface area contributed by atoms with E-state index in [4.69, 9.17) is 17.0 Å². The summed E-state index contributed by atoms with van der Waals surface area (Å²) < 4.78 is 0. The molecule has 2 aromatic rings. The average Bonchev–Trinajstić information content (AvgIpc) is 3.05. The summed E-state index contributed by atoms with van der Waals surface area (Å²) in [4.78, 5) is 0. The average molecular weight is 376 g/mol. The second-order valence-electron chi connectivity index (χ2n) is 4.16. The normalized spacial score (nSPS) is 8.63. The Bertz CT molecular complexity index is 316. The molecule has 0 atom stereocenters. The van der Waals surface area contributed by atoms with Crippen molar-refractivity contribution in [2.45, 2.75) is 39.5 Å². The molecule has 0 aliphatic carbocycles. The fraction of sp³-hybridized carbons (Fsp3) is 0.375. The first kappa shape index (κ1) is 19.2. The molecule has 0 saturated heterocycles. The summed E-state index contributed by atoms with van der Waals surface area (Å²) in [6, 6.07) is 17.0. The van der Waals surface area contributed by atoms with E-state index in [1.54, 1.807) is 0 Å². The molecule has 0 heterocycles. The van der Waals surface area contributed by atoms with Gasteiger partial charge in [0.1, 0.15) is 0 Å². The van der Waals surface area contributed by atoms with Gasteiger partial charge < -0.3 is 0 Å². The molecule has 0 unspecified atom stereocenters. The zero-order valence-corrected chi connectivity index (χ0v) is 15.7. The summed E-state index contributed by atoms with van der Waals surface area (Å²) in [6.07, 6.45) is 4.97. The van der Waals surface area contributed by atoms with Gasteiger partial charge in [0.05, 0.1) is 0 Å². The number of hydrogen-bond acceptors (Lipinski definition) is 0. The summed E-state index contributed by atoms with van der Waals surface area (Å²) in [6.45, 7) is 4.40. The molecule has 0 aliphatic heterocycles. The molecule has 0 N–H and O–H groups in total. The molecule has 0 fully saturated rings. The van der Waals surface area contributed by atoms with Crippen LogP contribution in [0.4, 0.5) is 0 Å². The molecule has 0 aromatic heterocycles. The van der Waals surface area contributed by atoms with Crippen LogP contribution in [0.5, 0.6) is 0 Å². The Morgan fingerprint density at radius 3 is 1.47 bits per heavy atom. The molecular weight excluding hydrogens is 354 g/mol. The van der Waals surface area contributed by atoms with Gasteiger partial charge in [-0.15, -0.1) is 0 Å². The standard InChI is InChI=1S/2C8H11.2ClH.Zr/c2*1-2-5-8-6-3-4-7-8;;;/h2*3-4,6-7H,2,5H2,1H3;2*1H;/q2*-1;;;+4/p-2. The SMILES string of the molecule is CCCc1cc[cH-]c1.CCCc1cc[cH-]c1.[Cl][Zr+2][Cl]. The number of halogens is 2. The third-order valence-corrected chi connectivity index (χ3v) is 2.54. The summed E-state index contributed by atoms with van der Waals surface area (Å²) >= 11 is -0.826. The first-order valence-corrected chi connectivity index (χ1v) is 13.0. The van der Waals surface area contributed by atoms with Crippen molar-refractivity contribution >= 4 is 17.0 Å². The first-order valence-electron chi connectivity index (χ1n) is 6.65. The topological polar surface area (TPSA) is 0 Å². The van der Waals surface area contributed by atoms with Gasteiger partial charge in [0.2, 0.25) is 0 Å². The first-order chi connectivity index (χ1) is 9.28. The van der Waals surface area contributed by atoms with E-state index in [2.05, 4.69) is 62.4 Å². The Labute approximate surface area is 136 Å². The Kier molecular flexibility index (Phi) is 14.7. The molecule has 0 nitrogen and oxygen atoms in total. The number of rotatable bonds is 4. The van der Waals surface area contributed by atoms with E-state index in [0.717, 1.165) is 0 Å². The van der Waals surface area contributed by atoms with Crippen molar-refractivity contribution in [1.82, 2.24) is 0 Å². The van der Waals surface area contributed by atoms with Crippen molar-refractivity contribution in [3.8, 4) is 0 Å². The van der Waals surface area contributed by atoms with Crippen molar-refractivity contribution in [2.24, 2.45) is 0 Å². The fourth-order valence-corrected chi connectivity index (χ4v) is 1.74. The van der Waals surface area contributed by atoms with E-state index in [0.29, 0.717) is 0 Å². The molecule has 0 radical (unpaired) electrons. The summed E-state index contributed by atoms with van der Waals surface area (Å²) in [7, 11) is 9.87. The van der Waals surface area contributed by atoms with Crippen LogP contribution in [-0.2, 0) is 33.7 Å². The van der Waals surface area contributed by atoms with Crippen LogP contribution in [0.25, 0.3) is 0 Å². The molecule has 0 saturated carbocycles. The van der Waals surface area contributed by atoms with Gasteiger partial charge in [-0.3, -0.25) is 0 Å². The molecule has 0 amide bonds. The van der Waals surface area contributed by atoms with Crippen LogP contribution in [0, 0.1) is 0 Å². The van der Waals surface area contributed by atoms with Gasteiger partial charge in [-0.2, -0.15) is 47.5 Å². The Morgan fingerprint density at radius 2 is 1.26 bits per heavy atom. The molecule has 3 heteroatoms. The van der Waals surface area contributed by atoms with Crippen LogP contribution in [0.1, 0.15) is 37.8 Å². The number of aryl methyl sites for hydroxylation is 2. The van der Waals surface area contributed by atoms with E-state index >= 15 is 0 Å². The van der Waals surface area contributed by atoms with Crippen molar-refractivity contribution in [1.29, 1.82) is 0 Å². The second kappa shape index (κ2) is 14.6. The van der Waals surface area contributed by atoms with Crippen LogP contribution in [0.2, 0.25) is 0 Å². The maximum absolute atomic E-state index is 4.93. The van der Waals surface area contributed by atoms with Crippen LogP contribution in [0.15, 0.2) is 48.5 Å². The Hall–Kier alpha value is 0.163. The predicted molar refractivity (Wildman–Crippen MR) is 83.8 cm³/mol. The minimum atomic E-state index is -0.826. The Balaban J connectivity index is 0.000000284. The van der Waals surface area contributed by atoms with Gasteiger partial charge >= 0.3 is 37.9 Å². The fourth-order valence-electron chi connectivity index (χ4n) is 1.74. The summed E-state index contributed by atoms with van der Waals surface area (Å²) in [5.74, 6) is 0. The van der Waals surface area contributed by atoms with E-state index in [1.807, 2.05) is 0 Å². The van der Waals surface area contributed by atoms with Crippen molar-refractivity contribution in [3.05, 3.63) is 59.7 Å². The zero-order valence-electron chi connectivity index (χ0n) is 11.7. The van der Waals surface area contributed by atoms with Crippen LogP contribution >= 0.6 is 17.0 Å². The van der Waals surface area contributed by atoms with Crippen LogP contribution in [-0.4, -0.2) is 0 Å². The van der Waals surface area contributed by atoms with Crippen molar-refractivity contribution < 1.29 is 20.8 Å². The summed E-state index contributed by atoms with van der Waals surface area (Å²) in [5, 5.41) is 0.